The topological polar surface area (TPSA) is 82.3 Å². The molecule has 1 aliphatic rings. The van der Waals surface area contributed by atoms with Crippen LogP contribution >= 0.6 is 0 Å². The van der Waals surface area contributed by atoms with Crippen LogP contribution in [0.15, 0.2) is 183 Å². The Kier molecular flexibility index (Phi) is 8.15. The molecule has 55 heavy (non-hydrogen) atoms. The Morgan fingerprint density at radius 1 is 0.527 bits per heavy atom. The number of allylic oxidation sites excluding steroid dienone is 4. The largest absolute Gasteiger partial charge is 0.316 e. The van der Waals surface area contributed by atoms with E-state index in [1.807, 2.05) is 73.1 Å². The summed E-state index contributed by atoms with van der Waals surface area (Å²) >= 11 is 0. The molecule has 0 spiro atoms. The Hall–Kier alpha value is -7.38. The molecule has 1 aliphatic carbocycles. The molecule has 0 bridgehead atoms. The zero-order valence-corrected chi connectivity index (χ0v) is 29.7. The van der Waals surface area contributed by atoms with Crippen LogP contribution in [0.5, 0.6) is 0 Å². The predicted octanol–water partition coefficient (Wildman–Crippen LogP) is 10.9. The van der Waals surface area contributed by atoms with Gasteiger partial charge in [-0.3, -0.25) is 9.97 Å². The van der Waals surface area contributed by atoms with Crippen molar-refractivity contribution >= 4 is 27.2 Å². The third-order valence-corrected chi connectivity index (χ3v) is 10.3. The molecular formula is C48H33N7. The van der Waals surface area contributed by atoms with Crippen molar-refractivity contribution in [2.24, 2.45) is 0 Å². The number of benzene rings is 4. The number of nitrogens with zero attached hydrogens (tertiary/aromatic N) is 7. The van der Waals surface area contributed by atoms with Crippen LogP contribution in [0, 0.1) is 0 Å². The number of hydrogen-bond acceptors (Lipinski definition) is 6. The fourth-order valence-electron chi connectivity index (χ4n) is 7.58. The summed E-state index contributed by atoms with van der Waals surface area (Å²) < 4.78 is 2.30. The molecule has 4 aromatic carbocycles. The van der Waals surface area contributed by atoms with Crippen LogP contribution in [0.4, 0.5) is 0 Å². The second-order valence-corrected chi connectivity index (χ2v) is 13.6. The highest BCUT2D eigenvalue weighted by atomic mass is 15.0. The van der Waals surface area contributed by atoms with Gasteiger partial charge in [0.25, 0.3) is 0 Å². The van der Waals surface area contributed by atoms with Gasteiger partial charge in [-0.05, 0) is 82.4 Å². The number of fused-ring (bicyclic) bond motifs is 3. The maximum absolute atomic E-state index is 5.12. The first kappa shape index (κ1) is 32.3. The summed E-state index contributed by atoms with van der Waals surface area (Å²) in [5.41, 5.74) is 10.4. The van der Waals surface area contributed by atoms with Gasteiger partial charge in [0.1, 0.15) is 5.69 Å². The fourth-order valence-corrected chi connectivity index (χ4v) is 7.58. The molecular weight excluding hydrogens is 675 g/mol. The van der Waals surface area contributed by atoms with Crippen molar-refractivity contribution in [1.82, 2.24) is 34.5 Å². The molecule has 0 N–H and O–H groups in total. The standard InChI is InChI=1S/C48H33N7/c1-2-10-33(11-3-1)46-52-47(34-21-25-49-26-22-34)54-48(53-46)43-18-8-17-42(51-43)38-15-7-13-36(30-38)35-12-6-14-37(29-35)41-31-55(39-23-27-50-28-24-39)44-20-19-32-9-4-5-16-40(32)45(41)44/h1-28,30-31,37H,29H2. The highest BCUT2D eigenvalue weighted by Crippen LogP contribution is 2.41. The predicted molar refractivity (Wildman–Crippen MR) is 220 cm³/mol. The first-order valence-electron chi connectivity index (χ1n) is 18.4. The molecule has 0 amide bonds. The van der Waals surface area contributed by atoms with Gasteiger partial charge in [0, 0.05) is 64.7 Å². The summed E-state index contributed by atoms with van der Waals surface area (Å²) in [6.07, 6.45) is 17.2. The molecule has 9 aromatic rings. The van der Waals surface area contributed by atoms with Crippen LogP contribution < -0.4 is 0 Å². The van der Waals surface area contributed by atoms with E-state index < -0.39 is 0 Å². The summed E-state index contributed by atoms with van der Waals surface area (Å²) in [6, 6.07) is 45.8. The average molecular weight is 708 g/mol. The lowest BCUT2D eigenvalue weighted by Gasteiger charge is -2.20. The maximum atomic E-state index is 5.12. The van der Waals surface area contributed by atoms with Gasteiger partial charge >= 0.3 is 0 Å². The zero-order valence-electron chi connectivity index (χ0n) is 29.7. The SMILES string of the molecule is C1=CC(c2cn(-c3ccncc3)c3ccc4ccccc4c23)CC(c2cccc(-c3cccc(-c4nc(-c5ccccc5)nc(-c5ccncc5)n4)n3)c2)=C1. The molecule has 5 aromatic heterocycles. The monoisotopic (exact) mass is 707 g/mol. The average Bonchev–Trinajstić information content (AvgIpc) is 3.68. The Bertz CT molecular complexity index is 2840. The minimum Gasteiger partial charge on any atom is -0.316 e. The highest BCUT2D eigenvalue weighted by Gasteiger charge is 2.22. The maximum Gasteiger partial charge on any atom is 0.182 e. The molecule has 1 unspecified atom stereocenters. The number of aromatic nitrogens is 7. The van der Waals surface area contributed by atoms with E-state index >= 15 is 0 Å². The van der Waals surface area contributed by atoms with E-state index in [2.05, 4.69) is 112 Å². The van der Waals surface area contributed by atoms with Crippen LogP contribution in [-0.2, 0) is 0 Å². The molecule has 0 fully saturated rings. The molecule has 7 nitrogen and oxygen atoms in total. The Morgan fingerprint density at radius 2 is 1.20 bits per heavy atom. The number of pyridine rings is 3. The highest BCUT2D eigenvalue weighted by molar-refractivity contribution is 6.09. The van der Waals surface area contributed by atoms with E-state index in [9.17, 15) is 0 Å². The van der Waals surface area contributed by atoms with Gasteiger partial charge in [0.2, 0.25) is 0 Å². The lowest BCUT2D eigenvalue weighted by atomic mass is 9.84. The Morgan fingerprint density at radius 3 is 2.04 bits per heavy atom. The second kappa shape index (κ2) is 13.9. The minimum atomic E-state index is 0.193. The Labute approximate surface area is 318 Å². The minimum absolute atomic E-state index is 0.193. The van der Waals surface area contributed by atoms with Gasteiger partial charge in [-0.15, -0.1) is 0 Å². The van der Waals surface area contributed by atoms with E-state index in [4.69, 9.17) is 19.9 Å². The van der Waals surface area contributed by atoms with E-state index in [0.717, 1.165) is 34.5 Å². The summed E-state index contributed by atoms with van der Waals surface area (Å²) in [5.74, 6) is 1.87. The van der Waals surface area contributed by atoms with Crippen LogP contribution in [0.3, 0.4) is 0 Å². The van der Waals surface area contributed by atoms with Crippen molar-refractivity contribution in [2.75, 3.05) is 0 Å². The third kappa shape index (κ3) is 6.17. The fraction of sp³-hybridized carbons (Fsp3) is 0.0417. The molecule has 7 heteroatoms. The van der Waals surface area contributed by atoms with Gasteiger partial charge in [0.05, 0.1) is 11.2 Å². The van der Waals surface area contributed by atoms with Gasteiger partial charge in [-0.2, -0.15) is 0 Å². The quantitative estimate of drug-likeness (QED) is 0.164. The van der Waals surface area contributed by atoms with Crippen molar-refractivity contribution in [3.8, 4) is 51.2 Å². The van der Waals surface area contributed by atoms with Crippen LogP contribution in [0.25, 0.3) is 78.5 Å². The van der Waals surface area contributed by atoms with Gasteiger partial charge in [-0.25, -0.2) is 19.9 Å². The van der Waals surface area contributed by atoms with Crippen LogP contribution in [0.2, 0.25) is 0 Å². The van der Waals surface area contributed by atoms with Crippen molar-refractivity contribution in [1.29, 1.82) is 0 Å². The summed E-state index contributed by atoms with van der Waals surface area (Å²) in [4.78, 5) is 28.2. The number of rotatable bonds is 7. The lowest BCUT2D eigenvalue weighted by Crippen LogP contribution is -2.02. The van der Waals surface area contributed by atoms with Gasteiger partial charge < -0.3 is 4.57 Å². The molecule has 0 radical (unpaired) electrons. The summed E-state index contributed by atoms with van der Waals surface area (Å²) in [6.45, 7) is 0. The molecule has 260 valence electrons. The normalized spacial score (nSPS) is 14.0. The summed E-state index contributed by atoms with van der Waals surface area (Å²) in [5, 5.41) is 3.80. The van der Waals surface area contributed by atoms with Crippen molar-refractivity contribution < 1.29 is 0 Å². The van der Waals surface area contributed by atoms with E-state index in [1.165, 1.54) is 38.4 Å². The molecule has 5 heterocycles. The van der Waals surface area contributed by atoms with Gasteiger partial charge in [0.15, 0.2) is 17.5 Å². The van der Waals surface area contributed by atoms with Gasteiger partial charge in [-0.1, -0.05) is 103 Å². The van der Waals surface area contributed by atoms with Crippen molar-refractivity contribution in [2.45, 2.75) is 12.3 Å². The molecule has 0 saturated heterocycles. The smallest absolute Gasteiger partial charge is 0.182 e. The molecule has 0 saturated carbocycles. The van der Waals surface area contributed by atoms with E-state index in [1.54, 1.807) is 12.4 Å². The first-order valence-corrected chi connectivity index (χ1v) is 18.4. The zero-order chi connectivity index (χ0) is 36.6. The van der Waals surface area contributed by atoms with E-state index in [0.29, 0.717) is 23.2 Å². The van der Waals surface area contributed by atoms with Crippen LogP contribution in [-0.4, -0.2) is 34.5 Å². The van der Waals surface area contributed by atoms with E-state index in [-0.39, 0.29) is 5.92 Å². The third-order valence-electron chi connectivity index (χ3n) is 10.3. The number of hydrogen-bond donors (Lipinski definition) is 0. The van der Waals surface area contributed by atoms with Crippen molar-refractivity contribution in [3.63, 3.8) is 0 Å². The molecule has 10 rings (SSSR count). The van der Waals surface area contributed by atoms with Crippen LogP contribution in [0.1, 0.15) is 23.5 Å². The first-order chi connectivity index (χ1) is 27.2. The molecule has 0 aliphatic heterocycles. The lowest BCUT2D eigenvalue weighted by molar-refractivity contribution is 0.870. The Balaban J connectivity index is 0.999. The second-order valence-electron chi connectivity index (χ2n) is 13.6. The summed E-state index contributed by atoms with van der Waals surface area (Å²) in [7, 11) is 0. The molecule has 1 atom stereocenters. The van der Waals surface area contributed by atoms with Crippen molar-refractivity contribution in [3.05, 3.63) is 194 Å².